The highest BCUT2D eigenvalue weighted by Gasteiger charge is 2.22. The lowest BCUT2D eigenvalue weighted by atomic mass is 10.1. The van der Waals surface area contributed by atoms with E-state index in [0.29, 0.717) is 24.6 Å². The molecule has 122 valence electrons. The van der Waals surface area contributed by atoms with Crippen LogP contribution in [0.25, 0.3) is 0 Å². The fraction of sp³-hybridized carbons (Fsp3) is 0.643. The Morgan fingerprint density at radius 3 is 3.05 bits per heavy atom. The van der Waals surface area contributed by atoms with Crippen LogP contribution in [0.15, 0.2) is 12.3 Å². The minimum atomic E-state index is -0.427. The monoisotopic (exact) mass is 308 g/mol. The van der Waals surface area contributed by atoms with Gasteiger partial charge in [-0.2, -0.15) is 0 Å². The predicted octanol–water partition coefficient (Wildman–Crippen LogP) is 1.60. The molecular formula is C14H24N6O2. The van der Waals surface area contributed by atoms with Gasteiger partial charge in [-0.1, -0.05) is 6.92 Å². The molecule has 0 spiro atoms. The molecule has 0 aromatic carbocycles. The van der Waals surface area contributed by atoms with Crippen molar-refractivity contribution >= 4 is 17.2 Å². The van der Waals surface area contributed by atoms with Crippen LogP contribution in [-0.2, 0) is 0 Å². The summed E-state index contributed by atoms with van der Waals surface area (Å²) in [6.45, 7) is 5.16. The van der Waals surface area contributed by atoms with E-state index in [2.05, 4.69) is 27.4 Å². The topological polar surface area (TPSA) is 109 Å². The minimum Gasteiger partial charge on any atom is -0.367 e. The van der Waals surface area contributed by atoms with Crippen molar-refractivity contribution in [2.45, 2.75) is 32.4 Å². The van der Waals surface area contributed by atoms with Gasteiger partial charge in [0.1, 0.15) is 12.0 Å². The zero-order valence-electron chi connectivity index (χ0n) is 12.9. The van der Waals surface area contributed by atoms with Crippen LogP contribution < -0.4 is 16.4 Å². The van der Waals surface area contributed by atoms with Crippen LogP contribution in [0, 0.1) is 10.1 Å². The number of aromatic nitrogens is 1. The lowest BCUT2D eigenvalue weighted by Crippen LogP contribution is -2.44. The Kier molecular flexibility index (Phi) is 5.91. The van der Waals surface area contributed by atoms with E-state index in [1.807, 2.05) is 0 Å². The van der Waals surface area contributed by atoms with E-state index in [-0.39, 0.29) is 11.9 Å². The van der Waals surface area contributed by atoms with Crippen LogP contribution in [0.1, 0.15) is 26.2 Å². The Labute approximate surface area is 130 Å². The Bertz CT molecular complexity index is 510. The molecule has 4 N–H and O–H groups in total. The lowest BCUT2D eigenvalue weighted by Gasteiger charge is -2.36. The molecule has 8 nitrogen and oxygen atoms in total. The van der Waals surface area contributed by atoms with E-state index in [4.69, 9.17) is 5.73 Å². The Balaban J connectivity index is 2.21. The molecule has 8 heteroatoms. The van der Waals surface area contributed by atoms with Gasteiger partial charge < -0.3 is 16.4 Å². The molecule has 1 aromatic rings. The number of hydrogen-bond donors (Lipinski definition) is 3. The van der Waals surface area contributed by atoms with E-state index in [9.17, 15) is 10.1 Å². The first-order valence-electron chi connectivity index (χ1n) is 7.74. The molecule has 0 saturated carbocycles. The highest BCUT2D eigenvalue weighted by molar-refractivity contribution is 5.67. The van der Waals surface area contributed by atoms with Crippen molar-refractivity contribution in [1.29, 1.82) is 0 Å². The fourth-order valence-corrected chi connectivity index (χ4v) is 2.71. The van der Waals surface area contributed by atoms with Gasteiger partial charge in [0, 0.05) is 25.7 Å². The maximum atomic E-state index is 11.0. The van der Waals surface area contributed by atoms with Crippen molar-refractivity contribution in [3.8, 4) is 0 Å². The number of piperidine rings is 1. The normalized spacial score (nSPS) is 18.9. The van der Waals surface area contributed by atoms with Gasteiger partial charge in [0.05, 0.1) is 16.8 Å². The third-order valence-electron chi connectivity index (χ3n) is 3.86. The first kappa shape index (κ1) is 16.4. The highest BCUT2D eigenvalue weighted by Crippen LogP contribution is 2.27. The largest absolute Gasteiger partial charge is 0.367 e. The second kappa shape index (κ2) is 7.90. The molecule has 1 unspecified atom stereocenters. The maximum absolute atomic E-state index is 11.0. The molecule has 0 aliphatic carbocycles. The molecule has 2 heterocycles. The molecule has 1 saturated heterocycles. The summed E-state index contributed by atoms with van der Waals surface area (Å²) in [6, 6.07) is 1.54. The maximum Gasteiger partial charge on any atom is 0.289 e. The number of anilines is 2. The third-order valence-corrected chi connectivity index (χ3v) is 3.86. The van der Waals surface area contributed by atoms with Crippen molar-refractivity contribution in [2.75, 3.05) is 36.8 Å². The average molecular weight is 308 g/mol. The summed E-state index contributed by atoms with van der Waals surface area (Å²) in [5.41, 5.74) is 6.15. The highest BCUT2D eigenvalue weighted by atomic mass is 16.6. The number of hydrogen-bond acceptors (Lipinski definition) is 7. The van der Waals surface area contributed by atoms with E-state index >= 15 is 0 Å². The second-order valence-electron chi connectivity index (χ2n) is 5.35. The molecular weight excluding hydrogens is 284 g/mol. The lowest BCUT2D eigenvalue weighted by molar-refractivity contribution is -0.385. The van der Waals surface area contributed by atoms with Crippen molar-refractivity contribution in [1.82, 2.24) is 9.88 Å². The first-order chi connectivity index (χ1) is 10.7. The smallest absolute Gasteiger partial charge is 0.289 e. The van der Waals surface area contributed by atoms with Gasteiger partial charge in [-0.05, 0) is 25.8 Å². The number of rotatable bonds is 7. The van der Waals surface area contributed by atoms with Crippen LogP contribution in [0.2, 0.25) is 0 Å². The molecule has 1 atom stereocenters. The second-order valence-corrected chi connectivity index (χ2v) is 5.35. The Morgan fingerprint density at radius 1 is 1.55 bits per heavy atom. The van der Waals surface area contributed by atoms with Crippen LogP contribution >= 0.6 is 0 Å². The van der Waals surface area contributed by atoms with Gasteiger partial charge in [0.15, 0.2) is 0 Å². The SMILES string of the molecule is CCN1CCCCC1Nc1cc([N+](=O)[O-])cnc1NCCN. The summed E-state index contributed by atoms with van der Waals surface area (Å²) in [5.74, 6) is 0.609. The summed E-state index contributed by atoms with van der Waals surface area (Å²) < 4.78 is 0. The van der Waals surface area contributed by atoms with Crippen LogP contribution in [0.3, 0.4) is 0 Å². The number of nitrogens with two attached hydrogens (primary N) is 1. The summed E-state index contributed by atoms with van der Waals surface area (Å²) in [6.07, 6.45) is 4.82. The number of nitro groups is 1. The molecule has 1 aliphatic rings. The molecule has 22 heavy (non-hydrogen) atoms. The summed E-state index contributed by atoms with van der Waals surface area (Å²) in [5, 5.41) is 17.5. The summed E-state index contributed by atoms with van der Waals surface area (Å²) >= 11 is 0. The van der Waals surface area contributed by atoms with Crippen LogP contribution in [0.5, 0.6) is 0 Å². The minimum absolute atomic E-state index is 0.0142. The number of nitrogens with one attached hydrogen (secondary N) is 2. The summed E-state index contributed by atoms with van der Waals surface area (Å²) in [4.78, 5) is 17.1. The fourth-order valence-electron chi connectivity index (χ4n) is 2.71. The molecule has 1 aromatic heterocycles. The average Bonchev–Trinajstić information content (AvgIpc) is 2.54. The molecule has 2 rings (SSSR count). The van der Waals surface area contributed by atoms with Gasteiger partial charge >= 0.3 is 0 Å². The van der Waals surface area contributed by atoms with Crippen molar-refractivity contribution < 1.29 is 4.92 Å². The number of likely N-dealkylation sites (tertiary alicyclic amines) is 1. The van der Waals surface area contributed by atoms with Crippen molar-refractivity contribution in [3.05, 3.63) is 22.4 Å². The van der Waals surface area contributed by atoms with Gasteiger partial charge in [0.2, 0.25) is 0 Å². The summed E-state index contributed by atoms with van der Waals surface area (Å²) in [7, 11) is 0. The third kappa shape index (κ3) is 4.05. The zero-order valence-corrected chi connectivity index (χ0v) is 12.9. The van der Waals surface area contributed by atoms with E-state index in [1.54, 1.807) is 0 Å². The van der Waals surface area contributed by atoms with Crippen molar-refractivity contribution in [2.24, 2.45) is 5.73 Å². The molecule has 1 aliphatic heterocycles. The van der Waals surface area contributed by atoms with Gasteiger partial charge in [0.25, 0.3) is 5.69 Å². The molecule has 1 fully saturated rings. The quantitative estimate of drug-likeness (QED) is 0.518. The predicted molar refractivity (Wildman–Crippen MR) is 86.9 cm³/mol. The number of pyridine rings is 1. The Morgan fingerprint density at radius 2 is 2.36 bits per heavy atom. The van der Waals surface area contributed by atoms with Gasteiger partial charge in [-0.15, -0.1) is 0 Å². The van der Waals surface area contributed by atoms with Gasteiger partial charge in [-0.25, -0.2) is 4.98 Å². The zero-order chi connectivity index (χ0) is 15.9. The molecule has 0 radical (unpaired) electrons. The number of nitrogens with zero attached hydrogens (tertiary/aromatic N) is 3. The molecule has 0 amide bonds. The van der Waals surface area contributed by atoms with E-state index < -0.39 is 4.92 Å². The van der Waals surface area contributed by atoms with Crippen molar-refractivity contribution in [3.63, 3.8) is 0 Å². The van der Waals surface area contributed by atoms with E-state index in [0.717, 1.165) is 25.9 Å². The first-order valence-corrected chi connectivity index (χ1v) is 7.74. The van der Waals surface area contributed by atoms with Crippen LogP contribution in [0.4, 0.5) is 17.2 Å². The van der Waals surface area contributed by atoms with E-state index in [1.165, 1.54) is 18.7 Å². The van der Waals surface area contributed by atoms with Crippen LogP contribution in [-0.4, -0.2) is 47.2 Å². The van der Waals surface area contributed by atoms with Gasteiger partial charge in [-0.3, -0.25) is 15.0 Å². The molecule has 0 bridgehead atoms. The Hall–Kier alpha value is -1.93. The standard InChI is InChI=1S/C14H24N6O2/c1-2-19-8-4-3-5-13(19)18-12-9-11(20(21)22)10-17-14(12)16-7-6-15/h9-10,13,18H,2-8,15H2,1H3,(H,16,17).